The van der Waals surface area contributed by atoms with Gasteiger partial charge in [-0.3, -0.25) is 9.69 Å². The molecule has 1 aromatic rings. The van der Waals surface area contributed by atoms with Gasteiger partial charge in [0.15, 0.2) is 0 Å². The van der Waals surface area contributed by atoms with Gasteiger partial charge in [-0.15, -0.1) is 0 Å². The number of likely N-dealkylation sites (N-methyl/N-ethyl adjacent to an activating group) is 1. The van der Waals surface area contributed by atoms with Crippen molar-refractivity contribution in [3.8, 4) is 0 Å². The van der Waals surface area contributed by atoms with Gasteiger partial charge in [-0.05, 0) is 39.4 Å². The Morgan fingerprint density at radius 1 is 1.10 bits per heavy atom. The van der Waals surface area contributed by atoms with Crippen molar-refractivity contribution in [1.29, 1.82) is 0 Å². The van der Waals surface area contributed by atoms with Crippen molar-refractivity contribution in [2.45, 2.75) is 52.2 Å². The highest BCUT2D eigenvalue weighted by Gasteiger charge is 2.54. The summed E-state index contributed by atoms with van der Waals surface area (Å²) < 4.78 is 0. The van der Waals surface area contributed by atoms with Crippen LogP contribution in [0.1, 0.15) is 46.2 Å². The molecule has 0 aliphatic carbocycles. The second-order valence-electron chi connectivity index (χ2n) is 6.40. The van der Waals surface area contributed by atoms with Crippen LogP contribution in [0.15, 0.2) is 30.3 Å². The summed E-state index contributed by atoms with van der Waals surface area (Å²) in [5.74, 6) is 0.259. The SMILES string of the molecule is CCN(CC)[C@@H]1C(=O)N(C(C)(C)C)[C@H]1c1ccccc1. The predicted octanol–water partition coefficient (Wildman–Crippen LogP) is 3.08. The van der Waals surface area contributed by atoms with Crippen LogP contribution in [0.2, 0.25) is 0 Å². The smallest absolute Gasteiger partial charge is 0.243 e. The largest absolute Gasteiger partial charge is 0.327 e. The number of rotatable bonds is 4. The Morgan fingerprint density at radius 3 is 2.10 bits per heavy atom. The molecule has 0 saturated carbocycles. The van der Waals surface area contributed by atoms with Crippen LogP contribution in [-0.2, 0) is 4.79 Å². The van der Waals surface area contributed by atoms with Crippen molar-refractivity contribution in [2.24, 2.45) is 0 Å². The van der Waals surface area contributed by atoms with Gasteiger partial charge in [-0.1, -0.05) is 44.2 Å². The molecular weight excluding hydrogens is 248 g/mol. The summed E-state index contributed by atoms with van der Waals surface area (Å²) in [6, 6.07) is 10.6. The topological polar surface area (TPSA) is 23.6 Å². The number of likely N-dealkylation sites (tertiary alicyclic amines) is 1. The zero-order chi connectivity index (χ0) is 14.9. The fourth-order valence-electron chi connectivity index (χ4n) is 3.18. The zero-order valence-corrected chi connectivity index (χ0v) is 13.3. The average Bonchev–Trinajstić information content (AvgIpc) is 2.40. The van der Waals surface area contributed by atoms with Gasteiger partial charge in [-0.2, -0.15) is 0 Å². The first-order valence-corrected chi connectivity index (χ1v) is 7.54. The van der Waals surface area contributed by atoms with E-state index in [0.717, 1.165) is 13.1 Å². The Labute approximate surface area is 122 Å². The first kappa shape index (κ1) is 15.0. The molecule has 3 nitrogen and oxygen atoms in total. The van der Waals surface area contributed by atoms with E-state index in [1.165, 1.54) is 5.56 Å². The minimum atomic E-state index is -0.138. The van der Waals surface area contributed by atoms with E-state index in [4.69, 9.17) is 0 Å². The molecular formula is C17H26N2O. The van der Waals surface area contributed by atoms with Crippen LogP contribution in [0.3, 0.4) is 0 Å². The minimum Gasteiger partial charge on any atom is -0.327 e. The van der Waals surface area contributed by atoms with E-state index >= 15 is 0 Å². The molecule has 0 bridgehead atoms. The Hall–Kier alpha value is -1.35. The molecule has 0 N–H and O–H groups in total. The predicted molar refractivity (Wildman–Crippen MR) is 82.5 cm³/mol. The van der Waals surface area contributed by atoms with Crippen molar-refractivity contribution in [3.05, 3.63) is 35.9 Å². The lowest BCUT2D eigenvalue weighted by Gasteiger charge is -2.56. The van der Waals surface area contributed by atoms with Crippen LogP contribution in [0.4, 0.5) is 0 Å². The molecule has 110 valence electrons. The molecule has 20 heavy (non-hydrogen) atoms. The molecule has 2 atom stereocenters. The lowest BCUT2D eigenvalue weighted by atomic mass is 9.82. The van der Waals surface area contributed by atoms with Crippen molar-refractivity contribution in [2.75, 3.05) is 13.1 Å². The van der Waals surface area contributed by atoms with Gasteiger partial charge in [0.2, 0.25) is 5.91 Å². The molecule has 1 heterocycles. The van der Waals surface area contributed by atoms with Crippen molar-refractivity contribution < 1.29 is 4.79 Å². The first-order valence-electron chi connectivity index (χ1n) is 7.54. The van der Waals surface area contributed by atoms with E-state index in [-0.39, 0.29) is 23.5 Å². The van der Waals surface area contributed by atoms with Crippen molar-refractivity contribution in [1.82, 2.24) is 9.80 Å². The maximum Gasteiger partial charge on any atom is 0.243 e. The fraction of sp³-hybridized carbons (Fsp3) is 0.588. The third-order valence-electron chi connectivity index (χ3n) is 4.14. The third-order valence-corrected chi connectivity index (χ3v) is 4.14. The van der Waals surface area contributed by atoms with Crippen LogP contribution < -0.4 is 0 Å². The highest BCUT2D eigenvalue weighted by Crippen LogP contribution is 2.42. The zero-order valence-electron chi connectivity index (χ0n) is 13.3. The van der Waals surface area contributed by atoms with Gasteiger partial charge >= 0.3 is 0 Å². The summed E-state index contributed by atoms with van der Waals surface area (Å²) in [7, 11) is 0. The molecule has 0 spiro atoms. The minimum absolute atomic E-state index is 0.00775. The molecule has 0 unspecified atom stereocenters. The summed E-state index contributed by atoms with van der Waals surface area (Å²) in [5.41, 5.74) is 1.10. The number of hydrogen-bond acceptors (Lipinski definition) is 2. The first-order chi connectivity index (χ1) is 9.41. The highest BCUT2D eigenvalue weighted by molar-refractivity contribution is 5.90. The van der Waals surface area contributed by atoms with Crippen molar-refractivity contribution in [3.63, 3.8) is 0 Å². The maximum atomic E-state index is 12.6. The number of hydrogen-bond donors (Lipinski definition) is 0. The third kappa shape index (κ3) is 2.47. The second kappa shape index (κ2) is 5.57. The molecule has 2 rings (SSSR count). The Bertz CT molecular complexity index is 460. The van der Waals surface area contributed by atoms with Gasteiger partial charge < -0.3 is 4.90 Å². The average molecular weight is 274 g/mol. The van der Waals surface area contributed by atoms with Gasteiger partial charge in [0.1, 0.15) is 6.04 Å². The number of carbonyl (C=O) groups is 1. The molecule has 1 amide bonds. The monoisotopic (exact) mass is 274 g/mol. The van der Waals surface area contributed by atoms with E-state index in [9.17, 15) is 4.79 Å². The molecule has 1 aromatic carbocycles. The van der Waals surface area contributed by atoms with Crippen LogP contribution in [0.5, 0.6) is 0 Å². The summed E-state index contributed by atoms with van der Waals surface area (Å²) >= 11 is 0. The Balaban J connectivity index is 2.37. The van der Waals surface area contributed by atoms with E-state index in [2.05, 4.69) is 63.8 Å². The molecule has 3 heteroatoms. The summed E-state index contributed by atoms with van der Waals surface area (Å²) in [5, 5.41) is 0. The number of amides is 1. The maximum absolute atomic E-state index is 12.6. The lowest BCUT2D eigenvalue weighted by molar-refractivity contribution is -0.170. The number of β-lactam (4-membered cyclic amide) rings is 1. The molecule has 1 aliphatic rings. The van der Waals surface area contributed by atoms with Crippen LogP contribution >= 0.6 is 0 Å². The standard InChI is InChI=1S/C17H26N2O/c1-6-18(7-2)15-14(13-11-9-8-10-12-13)19(16(15)20)17(3,4)5/h8-12,14-15H,6-7H2,1-5H3/t14-,15-/m0/s1. The summed E-state index contributed by atoms with van der Waals surface area (Å²) in [4.78, 5) is 16.9. The molecule has 1 fully saturated rings. The Morgan fingerprint density at radius 2 is 1.65 bits per heavy atom. The Kier molecular flexibility index (Phi) is 4.19. The van der Waals surface area contributed by atoms with E-state index in [1.54, 1.807) is 0 Å². The van der Waals surface area contributed by atoms with Gasteiger partial charge in [0.25, 0.3) is 0 Å². The quantitative estimate of drug-likeness (QED) is 0.788. The summed E-state index contributed by atoms with van der Waals surface area (Å²) in [6.07, 6.45) is 0. The van der Waals surface area contributed by atoms with E-state index in [0.29, 0.717) is 0 Å². The molecule has 0 radical (unpaired) electrons. The number of benzene rings is 1. The second-order valence-corrected chi connectivity index (χ2v) is 6.40. The van der Waals surface area contributed by atoms with Gasteiger partial charge in [0.05, 0.1) is 6.04 Å². The van der Waals surface area contributed by atoms with Gasteiger partial charge in [-0.25, -0.2) is 0 Å². The molecule has 0 aromatic heterocycles. The van der Waals surface area contributed by atoms with E-state index in [1.807, 2.05) is 11.0 Å². The summed E-state index contributed by atoms with van der Waals surface area (Å²) in [6.45, 7) is 12.4. The van der Waals surface area contributed by atoms with Crippen LogP contribution in [-0.4, -0.2) is 40.4 Å². The normalized spacial score (nSPS) is 23.1. The fourth-order valence-corrected chi connectivity index (χ4v) is 3.18. The molecule has 1 saturated heterocycles. The highest BCUT2D eigenvalue weighted by atomic mass is 16.2. The molecule has 1 aliphatic heterocycles. The van der Waals surface area contributed by atoms with Gasteiger partial charge in [0, 0.05) is 5.54 Å². The number of carbonyl (C=O) groups excluding carboxylic acids is 1. The van der Waals surface area contributed by atoms with Crippen LogP contribution in [0, 0.1) is 0 Å². The van der Waals surface area contributed by atoms with E-state index < -0.39 is 0 Å². The van der Waals surface area contributed by atoms with Crippen LogP contribution in [0.25, 0.3) is 0 Å². The number of nitrogens with zero attached hydrogens (tertiary/aromatic N) is 2. The lowest BCUT2D eigenvalue weighted by Crippen LogP contribution is -2.70. The van der Waals surface area contributed by atoms with Crippen molar-refractivity contribution >= 4 is 5.91 Å².